The van der Waals surface area contributed by atoms with Crippen LogP contribution in [-0.4, -0.2) is 36.1 Å². The van der Waals surface area contributed by atoms with Crippen LogP contribution >= 0.6 is 0 Å². The van der Waals surface area contributed by atoms with Crippen LogP contribution in [-0.2, 0) is 9.53 Å². The van der Waals surface area contributed by atoms with Gasteiger partial charge in [0.05, 0.1) is 12.2 Å². The number of carbonyl (C=O) groups is 1. The standard InChI is InChI=1S/C12H21NO2/c1-9-7-13(8-10(2)15-9)12(14)11-5-3-4-6-11/h9-11H,3-8H2,1-2H3/t9-,10-/m1/s1. The van der Waals surface area contributed by atoms with Crippen LogP contribution in [0.2, 0.25) is 0 Å². The van der Waals surface area contributed by atoms with E-state index in [-0.39, 0.29) is 12.2 Å². The Morgan fingerprint density at radius 3 is 2.20 bits per heavy atom. The predicted molar refractivity (Wildman–Crippen MR) is 58.5 cm³/mol. The maximum absolute atomic E-state index is 12.2. The number of rotatable bonds is 1. The lowest BCUT2D eigenvalue weighted by atomic mass is 10.1. The second-order valence-electron chi connectivity index (χ2n) is 4.98. The number of carbonyl (C=O) groups excluding carboxylic acids is 1. The molecule has 0 spiro atoms. The van der Waals surface area contributed by atoms with Crippen molar-refractivity contribution >= 4 is 5.91 Å². The van der Waals surface area contributed by atoms with Gasteiger partial charge in [0.15, 0.2) is 0 Å². The van der Waals surface area contributed by atoms with Crippen LogP contribution in [0.15, 0.2) is 0 Å². The lowest BCUT2D eigenvalue weighted by Gasteiger charge is -2.36. The normalized spacial score (nSPS) is 33.3. The molecule has 86 valence electrons. The van der Waals surface area contributed by atoms with E-state index in [0.717, 1.165) is 25.9 Å². The molecule has 1 heterocycles. The van der Waals surface area contributed by atoms with E-state index in [0.29, 0.717) is 11.8 Å². The molecule has 0 aromatic heterocycles. The van der Waals surface area contributed by atoms with E-state index in [4.69, 9.17) is 4.74 Å². The molecule has 0 aromatic rings. The summed E-state index contributed by atoms with van der Waals surface area (Å²) in [6.45, 7) is 5.65. The Balaban J connectivity index is 1.93. The zero-order valence-corrected chi connectivity index (χ0v) is 9.74. The van der Waals surface area contributed by atoms with Gasteiger partial charge >= 0.3 is 0 Å². The van der Waals surface area contributed by atoms with Gasteiger partial charge in [-0.25, -0.2) is 0 Å². The molecule has 3 heteroatoms. The maximum atomic E-state index is 12.2. The summed E-state index contributed by atoms with van der Waals surface area (Å²) in [5.74, 6) is 0.678. The molecule has 1 saturated carbocycles. The summed E-state index contributed by atoms with van der Waals surface area (Å²) in [4.78, 5) is 14.2. The summed E-state index contributed by atoms with van der Waals surface area (Å²) >= 11 is 0. The summed E-state index contributed by atoms with van der Waals surface area (Å²) in [6, 6.07) is 0. The minimum atomic E-state index is 0.194. The largest absolute Gasteiger partial charge is 0.372 e. The Labute approximate surface area is 91.8 Å². The number of amides is 1. The van der Waals surface area contributed by atoms with Crippen molar-refractivity contribution < 1.29 is 9.53 Å². The van der Waals surface area contributed by atoms with E-state index in [2.05, 4.69) is 0 Å². The SMILES string of the molecule is C[C@@H]1CN(C(=O)C2CCCC2)C[C@@H](C)O1. The highest BCUT2D eigenvalue weighted by atomic mass is 16.5. The highest BCUT2D eigenvalue weighted by molar-refractivity contribution is 5.79. The van der Waals surface area contributed by atoms with Crippen molar-refractivity contribution in [2.24, 2.45) is 5.92 Å². The van der Waals surface area contributed by atoms with Crippen LogP contribution in [0, 0.1) is 5.92 Å². The van der Waals surface area contributed by atoms with Gasteiger partial charge < -0.3 is 9.64 Å². The molecule has 2 rings (SSSR count). The lowest BCUT2D eigenvalue weighted by molar-refractivity contribution is -0.147. The molecular weight excluding hydrogens is 190 g/mol. The topological polar surface area (TPSA) is 29.5 Å². The molecule has 2 atom stereocenters. The maximum Gasteiger partial charge on any atom is 0.225 e. The average molecular weight is 211 g/mol. The van der Waals surface area contributed by atoms with Gasteiger partial charge in [-0.1, -0.05) is 12.8 Å². The molecule has 1 amide bonds. The molecule has 0 unspecified atom stereocenters. The molecule has 2 aliphatic rings. The van der Waals surface area contributed by atoms with Crippen LogP contribution in [0.3, 0.4) is 0 Å². The number of morpholine rings is 1. The average Bonchev–Trinajstić information content (AvgIpc) is 2.67. The number of hydrogen-bond donors (Lipinski definition) is 0. The first kappa shape index (κ1) is 10.9. The highest BCUT2D eigenvalue weighted by Gasteiger charge is 2.31. The number of ether oxygens (including phenoxy) is 1. The summed E-state index contributed by atoms with van der Waals surface area (Å²) < 4.78 is 5.64. The number of nitrogens with zero attached hydrogens (tertiary/aromatic N) is 1. The Bertz CT molecular complexity index is 226. The van der Waals surface area contributed by atoms with Gasteiger partial charge in [-0.15, -0.1) is 0 Å². The minimum Gasteiger partial charge on any atom is -0.372 e. The lowest BCUT2D eigenvalue weighted by Crippen LogP contribution is -2.49. The summed E-state index contributed by atoms with van der Waals surface area (Å²) in [6.07, 6.45) is 5.04. The molecule has 0 radical (unpaired) electrons. The van der Waals surface area contributed by atoms with Gasteiger partial charge in [-0.05, 0) is 26.7 Å². The van der Waals surface area contributed by atoms with Crippen molar-refractivity contribution in [2.75, 3.05) is 13.1 Å². The summed E-state index contributed by atoms with van der Waals surface area (Å²) in [5.41, 5.74) is 0. The van der Waals surface area contributed by atoms with Crippen molar-refractivity contribution in [3.63, 3.8) is 0 Å². The second-order valence-corrected chi connectivity index (χ2v) is 4.98. The second kappa shape index (κ2) is 4.52. The first-order valence-electron chi connectivity index (χ1n) is 6.11. The molecule has 1 saturated heterocycles. The quantitative estimate of drug-likeness (QED) is 0.662. The molecule has 3 nitrogen and oxygen atoms in total. The third kappa shape index (κ3) is 2.51. The molecule has 0 aromatic carbocycles. The highest BCUT2D eigenvalue weighted by Crippen LogP contribution is 2.27. The van der Waals surface area contributed by atoms with Gasteiger partial charge in [-0.3, -0.25) is 4.79 Å². The van der Waals surface area contributed by atoms with Gasteiger partial charge in [0.25, 0.3) is 0 Å². The third-order valence-electron chi connectivity index (χ3n) is 3.44. The van der Waals surface area contributed by atoms with Gasteiger partial charge in [0.2, 0.25) is 5.91 Å². The predicted octanol–water partition coefficient (Wildman–Crippen LogP) is 1.81. The van der Waals surface area contributed by atoms with Crippen molar-refractivity contribution in [3.8, 4) is 0 Å². The van der Waals surface area contributed by atoms with Crippen LogP contribution in [0.4, 0.5) is 0 Å². The molecule has 15 heavy (non-hydrogen) atoms. The Morgan fingerprint density at radius 1 is 1.13 bits per heavy atom. The Kier molecular flexibility index (Phi) is 3.29. The van der Waals surface area contributed by atoms with Crippen molar-refractivity contribution in [1.82, 2.24) is 4.90 Å². The molecule has 1 aliphatic carbocycles. The zero-order chi connectivity index (χ0) is 10.8. The molecule has 2 fully saturated rings. The molecule has 1 aliphatic heterocycles. The Morgan fingerprint density at radius 2 is 1.67 bits per heavy atom. The summed E-state index contributed by atoms with van der Waals surface area (Å²) in [5, 5.41) is 0. The van der Waals surface area contributed by atoms with Crippen LogP contribution < -0.4 is 0 Å². The van der Waals surface area contributed by atoms with E-state index in [1.165, 1.54) is 12.8 Å². The van der Waals surface area contributed by atoms with E-state index < -0.39 is 0 Å². The van der Waals surface area contributed by atoms with E-state index in [9.17, 15) is 4.79 Å². The van der Waals surface area contributed by atoms with E-state index in [1.807, 2.05) is 18.7 Å². The zero-order valence-electron chi connectivity index (χ0n) is 9.74. The molecule has 0 N–H and O–H groups in total. The molecule has 0 bridgehead atoms. The first-order valence-corrected chi connectivity index (χ1v) is 6.11. The summed E-state index contributed by atoms with van der Waals surface area (Å²) in [7, 11) is 0. The van der Waals surface area contributed by atoms with Crippen molar-refractivity contribution in [1.29, 1.82) is 0 Å². The first-order chi connectivity index (χ1) is 7.16. The third-order valence-corrected chi connectivity index (χ3v) is 3.44. The van der Waals surface area contributed by atoms with Crippen LogP contribution in [0.1, 0.15) is 39.5 Å². The smallest absolute Gasteiger partial charge is 0.225 e. The number of hydrogen-bond acceptors (Lipinski definition) is 2. The molecular formula is C12H21NO2. The minimum absolute atomic E-state index is 0.194. The van der Waals surface area contributed by atoms with E-state index in [1.54, 1.807) is 0 Å². The van der Waals surface area contributed by atoms with Crippen LogP contribution in [0.25, 0.3) is 0 Å². The van der Waals surface area contributed by atoms with Crippen molar-refractivity contribution in [3.05, 3.63) is 0 Å². The van der Waals surface area contributed by atoms with Crippen LogP contribution in [0.5, 0.6) is 0 Å². The fourth-order valence-corrected chi connectivity index (χ4v) is 2.79. The van der Waals surface area contributed by atoms with E-state index >= 15 is 0 Å². The monoisotopic (exact) mass is 211 g/mol. The van der Waals surface area contributed by atoms with Gasteiger partial charge in [-0.2, -0.15) is 0 Å². The fraction of sp³-hybridized carbons (Fsp3) is 0.917. The van der Waals surface area contributed by atoms with Gasteiger partial charge in [0.1, 0.15) is 0 Å². The van der Waals surface area contributed by atoms with Crippen molar-refractivity contribution in [2.45, 2.75) is 51.7 Å². The van der Waals surface area contributed by atoms with Gasteiger partial charge in [0, 0.05) is 19.0 Å². The Hall–Kier alpha value is -0.570. The fourth-order valence-electron chi connectivity index (χ4n) is 2.79.